The lowest BCUT2D eigenvalue weighted by atomic mass is 10.2. The van der Waals surface area contributed by atoms with Gasteiger partial charge in [0, 0.05) is 44.4 Å². The fourth-order valence-corrected chi connectivity index (χ4v) is 4.42. The summed E-state index contributed by atoms with van der Waals surface area (Å²) in [6, 6.07) is 11.2. The minimum Gasteiger partial charge on any atom is -0.363 e. The minimum atomic E-state index is -3.88. The Bertz CT molecular complexity index is 986. The lowest BCUT2D eigenvalue weighted by Gasteiger charge is -2.35. The second kappa shape index (κ2) is 7.29. The first kappa shape index (κ1) is 18.7. The van der Waals surface area contributed by atoms with Crippen molar-refractivity contribution in [1.29, 1.82) is 0 Å². The minimum absolute atomic E-state index is 0.0347. The zero-order valence-corrected chi connectivity index (χ0v) is 14.9. The lowest BCUT2D eigenvalue weighted by Crippen LogP contribution is -2.48. The van der Waals surface area contributed by atoms with E-state index in [4.69, 9.17) is 0 Å². The molecule has 0 saturated carbocycles. The highest BCUT2D eigenvalue weighted by atomic mass is 32.2. The maximum atomic E-state index is 12.8. The third-order valence-corrected chi connectivity index (χ3v) is 6.22. The fourth-order valence-electron chi connectivity index (χ4n) is 2.96. The summed E-state index contributed by atoms with van der Waals surface area (Å²) < 4.78 is 26.7. The topological polar surface area (TPSA) is 127 Å². The highest BCUT2D eigenvalue weighted by Gasteiger charge is 2.31. The van der Waals surface area contributed by atoms with Crippen molar-refractivity contribution in [2.45, 2.75) is 4.90 Å². The van der Waals surface area contributed by atoms with Gasteiger partial charge in [0.25, 0.3) is 11.4 Å². The molecule has 0 amide bonds. The quantitative estimate of drug-likeness (QED) is 0.562. The van der Waals surface area contributed by atoms with Crippen LogP contribution in [0.15, 0.2) is 53.4 Å². The summed E-state index contributed by atoms with van der Waals surface area (Å²) in [4.78, 5) is 22.6. The monoisotopic (exact) mass is 392 g/mol. The normalized spacial score (nSPS) is 15.5. The molecule has 0 N–H and O–H groups in total. The first-order chi connectivity index (χ1) is 12.8. The van der Waals surface area contributed by atoms with E-state index in [0.717, 1.165) is 6.07 Å². The number of sulfonamides is 1. The van der Waals surface area contributed by atoms with E-state index in [1.165, 1.54) is 28.6 Å². The molecule has 2 aromatic carbocycles. The number of nitrogens with zero attached hydrogens (tertiary/aromatic N) is 4. The summed E-state index contributed by atoms with van der Waals surface area (Å²) in [5, 5.41) is 22.1. The molecule has 27 heavy (non-hydrogen) atoms. The van der Waals surface area contributed by atoms with E-state index in [1.54, 1.807) is 23.1 Å². The van der Waals surface area contributed by atoms with Crippen molar-refractivity contribution in [3.63, 3.8) is 0 Å². The molecule has 2 aromatic rings. The number of benzene rings is 2. The van der Waals surface area contributed by atoms with Crippen molar-refractivity contribution in [3.8, 4) is 0 Å². The molecule has 1 saturated heterocycles. The number of piperazine rings is 1. The van der Waals surface area contributed by atoms with Crippen LogP contribution in [0.4, 0.5) is 17.1 Å². The Labute approximate surface area is 155 Å². The van der Waals surface area contributed by atoms with Gasteiger partial charge in [-0.1, -0.05) is 18.2 Å². The van der Waals surface area contributed by atoms with Crippen LogP contribution in [-0.2, 0) is 10.0 Å². The predicted octanol–water partition coefficient (Wildman–Crippen LogP) is 2.01. The van der Waals surface area contributed by atoms with Gasteiger partial charge >= 0.3 is 0 Å². The van der Waals surface area contributed by atoms with Gasteiger partial charge in [-0.3, -0.25) is 20.2 Å². The van der Waals surface area contributed by atoms with Crippen LogP contribution in [0.5, 0.6) is 0 Å². The highest BCUT2D eigenvalue weighted by molar-refractivity contribution is 7.89. The van der Waals surface area contributed by atoms with E-state index in [2.05, 4.69) is 0 Å². The molecule has 0 atom stereocenters. The Morgan fingerprint density at radius 2 is 1.52 bits per heavy atom. The Morgan fingerprint density at radius 3 is 2.15 bits per heavy atom. The Balaban J connectivity index is 1.78. The van der Waals surface area contributed by atoms with Gasteiger partial charge in [-0.2, -0.15) is 4.31 Å². The highest BCUT2D eigenvalue weighted by Crippen LogP contribution is 2.29. The molecule has 1 fully saturated rings. The number of hydrogen-bond acceptors (Lipinski definition) is 7. The Kier molecular flexibility index (Phi) is 5.06. The van der Waals surface area contributed by atoms with Crippen LogP contribution in [0.2, 0.25) is 0 Å². The zero-order valence-electron chi connectivity index (χ0n) is 14.1. The standard InChI is InChI=1S/C16H16N4O6S/c21-19(22)13-4-3-5-14(12-13)27(25,26)18-10-8-17(9-11-18)15-6-1-2-7-16(15)20(23)24/h1-7,12H,8-11H2. The van der Waals surface area contributed by atoms with Gasteiger partial charge < -0.3 is 4.90 Å². The summed E-state index contributed by atoms with van der Waals surface area (Å²) >= 11 is 0. The molecule has 142 valence electrons. The number of rotatable bonds is 5. The van der Waals surface area contributed by atoms with Crippen LogP contribution in [0.1, 0.15) is 0 Å². The molecule has 3 rings (SSSR count). The van der Waals surface area contributed by atoms with Gasteiger partial charge in [-0.25, -0.2) is 8.42 Å². The number of para-hydroxylation sites is 2. The van der Waals surface area contributed by atoms with E-state index in [-0.39, 0.29) is 42.4 Å². The number of nitro groups is 2. The second-order valence-electron chi connectivity index (χ2n) is 5.89. The van der Waals surface area contributed by atoms with E-state index < -0.39 is 19.9 Å². The van der Waals surface area contributed by atoms with Crippen molar-refractivity contribution in [3.05, 3.63) is 68.8 Å². The number of nitro benzene ring substituents is 2. The van der Waals surface area contributed by atoms with Gasteiger partial charge in [0.05, 0.1) is 14.7 Å². The molecule has 0 aliphatic carbocycles. The van der Waals surface area contributed by atoms with Crippen LogP contribution >= 0.6 is 0 Å². The summed E-state index contributed by atoms with van der Waals surface area (Å²) in [5.41, 5.74) is 0.108. The van der Waals surface area contributed by atoms with Gasteiger partial charge in [0.2, 0.25) is 10.0 Å². The molecule has 11 heteroatoms. The fraction of sp³-hybridized carbons (Fsp3) is 0.250. The maximum Gasteiger partial charge on any atom is 0.292 e. The molecule has 1 aliphatic rings. The van der Waals surface area contributed by atoms with Crippen molar-refractivity contribution in [2.24, 2.45) is 0 Å². The molecule has 1 heterocycles. The largest absolute Gasteiger partial charge is 0.363 e. The number of hydrogen-bond donors (Lipinski definition) is 0. The molecule has 10 nitrogen and oxygen atoms in total. The van der Waals surface area contributed by atoms with Crippen molar-refractivity contribution >= 4 is 27.1 Å². The number of non-ortho nitro benzene ring substituents is 1. The van der Waals surface area contributed by atoms with Crippen LogP contribution in [0.25, 0.3) is 0 Å². The molecular weight excluding hydrogens is 376 g/mol. The maximum absolute atomic E-state index is 12.8. The SMILES string of the molecule is O=[N+]([O-])c1cccc(S(=O)(=O)N2CCN(c3ccccc3[N+](=O)[O-])CC2)c1. The molecule has 0 bridgehead atoms. The van der Waals surface area contributed by atoms with E-state index >= 15 is 0 Å². The lowest BCUT2D eigenvalue weighted by molar-refractivity contribution is -0.385. The summed E-state index contributed by atoms with van der Waals surface area (Å²) in [6.45, 7) is 0.798. The first-order valence-corrected chi connectivity index (χ1v) is 9.47. The third-order valence-electron chi connectivity index (χ3n) is 4.32. The molecular formula is C16H16N4O6S. The molecule has 0 aromatic heterocycles. The third kappa shape index (κ3) is 3.73. The smallest absolute Gasteiger partial charge is 0.292 e. The van der Waals surface area contributed by atoms with E-state index in [9.17, 15) is 28.6 Å². The molecule has 0 radical (unpaired) electrons. The molecule has 0 spiro atoms. The zero-order chi connectivity index (χ0) is 19.6. The summed E-state index contributed by atoms with van der Waals surface area (Å²) in [7, 11) is -3.88. The Morgan fingerprint density at radius 1 is 0.852 bits per heavy atom. The van der Waals surface area contributed by atoms with Crippen molar-refractivity contribution in [1.82, 2.24) is 4.31 Å². The predicted molar refractivity (Wildman–Crippen MR) is 97.2 cm³/mol. The van der Waals surface area contributed by atoms with Crippen LogP contribution in [0, 0.1) is 20.2 Å². The van der Waals surface area contributed by atoms with E-state index in [1.807, 2.05) is 0 Å². The van der Waals surface area contributed by atoms with Gasteiger partial charge in [0.15, 0.2) is 0 Å². The van der Waals surface area contributed by atoms with Crippen LogP contribution in [0.3, 0.4) is 0 Å². The van der Waals surface area contributed by atoms with Gasteiger partial charge in [-0.05, 0) is 12.1 Å². The second-order valence-corrected chi connectivity index (χ2v) is 7.83. The van der Waals surface area contributed by atoms with Gasteiger partial charge in [0.1, 0.15) is 5.69 Å². The molecule has 0 unspecified atom stereocenters. The average molecular weight is 392 g/mol. The summed E-state index contributed by atoms with van der Waals surface area (Å²) in [6.07, 6.45) is 0. The summed E-state index contributed by atoms with van der Waals surface area (Å²) in [5.74, 6) is 0. The number of anilines is 1. The van der Waals surface area contributed by atoms with Crippen molar-refractivity contribution < 1.29 is 18.3 Å². The van der Waals surface area contributed by atoms with Crippen LogP contribution in [-0.4, -0.2) is 48.7 Å². The van der Waals surface area contributed by atoms with E-state index in [0.29, 0.717) is 5.69 Å². The Hall–Kier alpha value is -3.05. The molecule has 1 aliphatic heterocycles. The van der Waals surface area contributed by atoms with Crippen LogP contribution < -0.4 is 4.90 Å². The van der Waals surface area contributed by atoms with Crippen molar-refractivity contribution in [2.75, 3.05) is 31.1 Å². The van der Waals surface area contributed by atoms with Gasteiger partial charge in [-0.15, -0.1) is 0 Å². The first-order valence-electron chi connectivity index (χ1n) is 8.03. The average Bonchev–Trinajstić information content (AvgIpc) is 2.68.